The molecule has 0 radical (unpaired) electrons. The van der Waals surface area contributed by atoms with Crippen molar-refractivity contribution in [1.82, 2.24) is 0 Å². The van der Waals surface area contributed by atoms with E-state index in [0.717, 1.165) is 5.56 Å². The summed E-state index contributed by atoms with van der Waals surface area (Å²) in [5.41, 5.74) is 6.50. The topological polar surface area (TPSA) is 107 Å². The molecule has 0 saturated carbocycles. The van der Waals surface area contributed by atoms with Gasteiger partial charge >= 0.3 is 0 Å². The van der Waals surface area contributed by atoms with E-state index >= 15 is 0 Å². The number of benzene rings is 1. The summed E-state index contributed by atoms with van der Waals surface area (Å²) < 4.78 is 4.96. The molecule has 1 amide bonds. The SMILES string of the molecule is Cc1ccc([N+](=O)[O-])cc1NCCOCC(N)=O. The van der Waals surface area contributed by atoms with E-state index in [0.29, 0.717) is 18.8 Å². The van der Waals surface area contributed by atoms with Crippen LogP contribution in [0.2, 0.25) is 0 Å². The van der Waals surface area contributed by atoms with E-state index in [2.05, 4.69) is 5.32 Å². The fraction of sp³-hybridized carbons (Fsp3) is 0.364. The van der Waals surface area contributed by atoms with Crippen molar-refractivity contribution in [1.29, 1.82) is 0 Å². The van der Waals surface area contributed by atoms with Crippen molar-refractivity contribution in [3.8, 4) is 0 Å². The molecule has 0 saturated heterocycles. The summed E-state index contributed by atoms with van der Waals surface area (Å²) in [6, 6.07) is 4.58. The molecule has 3 N–H and O–H groups in total. The maximum atomic E-state index is 10.6. The third kappa shape index (κ3) is 4.38. The van der Waals surface area contributed by atoms with Gasteiger partial charge in [-0.3, -0.25) is 14.9 Å². The van der Waals surface area contributed by atoms with Crippen LogP contribution in [0.3, 0.4) is 0 Å². The predicted octanol–water partition coefficient (Wildman–Crippen LogP) is 0.817. The molecule has 0 spiro atoms. The van der Waals surface area contributed by atoms with Crippen LogP contribution >= 0.6 is 0 Å². The lowest BCUT2D eigenvalue weighted by Crippen LogP contribution is -2.20. The van der Waals surface area contributed by atoms with Crippen molar-refractivity contribution in [3.05, 3.63) is 33.9 Å². The van der Waals surface area contributed by atoms with Crippen LogP contribution in [-0.2, 0) is 9.53 Å². The number of hydrogen-bond donors (Lipinski definition) is 2. The van der Waals surface area contributed by atoms with Gasteiger partial charge in [-0.05, 0) is 12.5 Å². The Kier molecular flexibility index (Phi) is 5.06. The Bertz CT molecular complexity index is 448. The highest BCUT2D eigenvalue weighted by molar-refractivity contribution is 5.74. The van der Waals surface area contributed by atoms with Crippen LogP contribution in [0.25, 0.3) is 0 Å². The second-order valence-electron chi connectivity index (χ2n) is 3.70. The summed E-state index contributed by atoms with van der Waals surface area (Å²) in [5.74, 6) is -0.526. The average molecular weight is 253 g/mol. The molecule has 0 heterocycles. The number of carbonyl (C=O) groups is 1. The lowest BCUT2D eigenvalue weighted by atomic mass is 10.2. The van der Waals surface area contributed by atoms with Gasteiger partial charge in [-0.1, -0.05) is 6.07 Å². The first-order valence-electron chi connectivity index (χ1n) is 5.35. The molecule has 0 unspecified atom stereocenters. The van der Waals surface area contributed by atoms with Crippen molar-refractivity contribution < 1.29 is 14.5 Å². The summed E-state index contributed by atoms with van der Waals surface area (Å²) in [6.07, 6.45) is 0. The monoisotopic (exact) mass is 253 g/mol. The Labute approximate surface area is 104 Å². The quantitative estimate of drug-likeness (QED) is 0.425. The zero-order valence-corrected chi connectivity index (χ0v) is 10.0. The van der Waals surface area contributed by atoms with E-state index in [9.17, 15) is 14.9 Å². The second kappa shape index (κ2) is 6.55. The molecule has 0 aromatic heterocycles. The molecule has 7 heteroatoms. The molecule has 98 valence electrons. The molecule has 1 aromatic rings. The van der Waals surface area contributed by atoms with Gasteiger partial charge in [0.15, 0.2) is 0 Å². The number of carbonyl (C=O) groups excluding carboxylic acids is 1. The van der Waals surface area contributed by atoms with E-state index in [-0.39, 0.29) is 12.3 Å². The van der Waals surface area contributed by atoms with Crippen LogP contribution in [-0.4, -0.2) is 30.6 Å². The number of anilines is 1. The second-order valence-corrected chi connectivity index (χ2v) is 3.70. The number of aryl methyl sites for hydroxylation is 1. The van der Waals surface area contributed by atoms with Gasteiger partial charge in [0.05, 0.1) is 11.5 Å². The van der Waals surface area contributed by atoms with Gasteiger partial charge in [0.1, 0.15) is 6.61 Å². The first-order chi connectivity index (χ1) is 8.50. The lowest BCUT2D eigenvalue weighted by molar-refractivity contribution is -0.384. The molecule has 1 aromatic carbocycles. The Hall–Kier alpha value is -2.15. The normalized spacial score (nSPS) is 10.1. The largest absolute Gasteiger partial charge is 0.382 e. The summed E-state index contributed by atoms with van der Waals surface area (Å²) in [5, 5.41) is 13.6. The van der Waals surface area contributed by atoms with Crippen LogP contribution in [0.4, 0.5) is 11.4 Å². The maximum Gasteiger partial charge on any atom is 0.271 e. The zero-order chi connectivity index (χ0) is 13.5. The third-order valence-corrected chi connectivity index (χ3v) is 2.24. The lowest BCUT2D eigenvalue weighted by Gasteiger charge is -2.09. The number of nitro benzene ring substituents is 1. The van der Waals surface area contributed by atoms with E-state index in [1.807, 2.05) is 6.92 Å². The molecule has 0 atom stereocenters. The molecule has 0 aliphatic heterocycles. The smallest absolute Gasteiger partial charge is 0.271 e. The first kappa shape index (κ1) is 13.9. The van der Waals surface area contributed by atoms with Crippen LogP contribution in [0, 0.1) is 17.0 Å². The van der Waals surface area contributed by atoms with Gasteiger partial charge in [-0.25, -0.2) is 0 Å². The highest BCUT2D eigenvalue weighted by Crippen LogP contribution is 2.21. The number of nitrogens with one attached hydrogen (secondary N) is 1. The van der Waals surface area contributed by atoms with Crippen molar-refractivity contribution >= 4 is 17.3 Å². The number of non-ortho nitro benzene ring substituents is 1. The Morgan fingerprint density at radius 1 is 1.56 bits per heavy atom. The molecular formula is C11H15N3O4. The van der Waals surface area contributed by atoms with Gasteiger partial charge in [-0.15, -0.1) is 0 Å². The molecular weight excluding hydrogens is 238 g/mol. The Morgan fingerprint density at radius 2 is 2.28 bits per heavy atom. The van der Waals surface area contributed by atoms with E-state index in [1.54, 1.807) is 6.07 Å². The molecule has 1 rings (SSSR count). The number of nitrogens with zero attached hydrogens (tertiary/aromatic N) is 1. The van der Waals surface area contributed by atoms with Crippen LogP contribution in [0.5, 0.6) is 0 Å². The van der Waals surface area contributed by atoms with Crippen molar-refractivity contribution in [2.45, 2.75) is 6.92 Å². The zero-order valence-electron chi connectivity index (χ0n) is 10.0. The summed E-state index contributed by atoms with van der Waals surface area (Å²) in [7, 11) is 0. The first-order valence-corrected chi connectivity index (χ1v) is 5.35. The van der Waals surface area contributed by atoms with Crippen molar-refractivity contribution in [3.63, 3.8) is 0 Å². The highest BCUT2D eigenvalue weighted by Gasteiger charge is 2.07. The number of amides is 1. The van der Waals surface area contributed by atoms with E-state index in [4.69, 9.17) is 10.5 Å². The predicted molar refractivity (Wildman–Crippen MR) is 66.3 cm³/mol. The molecule has 0 aliphatic carbocycles. The van der Waals surface area contributed by atoms with Crippen molar-refractivity contribution in [2.24, 2.45) is 5.73 Å². The summed E-state index contributed by atoms with van der Waals surface area (Å²) in [4.78, 5) is 20.6. The molecule has 0 aliphatic rings. The van der Waals surface area contributed by atoms with E-state index < -0.39 is 10.8 Å². The fourth-order valence-corrected chi connectivity index (χ4v) is 1.34. The standard InChI is InChI=1S/C11H15N3O4/c1-8-2-3-9(14(16)17)6-10(8)13-4-5-18-7-11(12)15/h2-3,6,13H,4-5,7H2,1H3,(H2,12,15). The third-order valence-electron chi connectivity index (χ3n) is 2.24. The number of rotatable bonds is 7. The highest BCUT2D eigenvalue weighted by atomic mass is 16.6. The summed E-state index contributed by atoms with van der Waals surface area (Å²) >= 11 is 0. The number of ether oxygens (including phenoxy) is 1. The Morgan fingerprint density at radius 3 is 2.89 bits per heavy atom. The molecule has 7 nitrogen and oxygen atoms in total. The van der Waals surface area contributed by atoms with Crippen LogP contribution in [0.15, 0.2) is 18.2 Å². The van der Waals surface area contributed by atoms with Crippen LogP contribution in [0.1, 0.15) is 5.56 Å². The van der Waals surface area contributed by atoms with E-state index in [1.165, 1.54) is 12.1 Å². The minimum Gasteiger partial charge on any atom is -0.382 e. The number of nitro groups is 1. The minimum atomic E-state index is -0.526. The molecule has 0 fully saturated rings. The maximum absolute atomic E-state index is 10.6. The summed E-state index contributed by atoms with van der Waals surface area (Å²) in [6.45, 7) is 2.45. The minimum absolute atomic E-state index is 0.0288. The average Bonchev–Trinajstić information content (AvgIpc) is 2.30. The fourth-order valence-electron chi connectivity index (χ4n) is 1.34. The Balaban J connectivity index is 2.48. The van der Waals surface area contributed by atoms with Gasteiger partial charge in [0.2, 0.25) is 5.91 Å². The van der Waals surface area contributed by atoms with Gasteiger partial charge in [0.25, 0.3) is 5.69 Å². The number of primary amides is 1. The van der Waals surface area contributed by atoms with Gasteiger partial charge < -0.3 is 15.8 Å². The van der Waals surface area contributed by atoms with Gasteiger partial charge in [-0.2, -0.15) is 0 Å². The van der Waals surface area contributed by atoms with Crippen LogP contribution < -0.4 is 11.1 Å². The molecule has 0 bridgehead atoms. The molecule has 18 heavy (non-hydrogen) atoms. The number of nitrogens with two attached hydrogens (primary N) is 1. The van der Waals surface area contributed by atoms with Gasteiger partial charge in [0, 0.05) is 24.4 Å². The van der Waals surface area contributed by atoms with Crippen molar-refractivity contribution in [2.75, 3.05) is 25.1 Å². The number of hydrogen-bond acceptors (Lipinski definition) is 5.